The molecule has 0 unspecified atom stereocenters. The van der Waals surface area contributed by atoms with Gasteiger partial charge in [0, 0.05) is 6.92 Å². The first-order chi connectivity index (χ1) is 1.73. The second-order valence-corrected chi connectivity index (χ2v) is 0.519. The SMILES string of the molecule is CC(=O)O.Cl.[SnH2]. The maximum atomic E-state index is 9.00. The van der Waals surface area contributed by atoms with Crippen molar-refractivity contribution < 1.29 is 9.90 Å². The van der Waals surface area contributed by atoms with E-state index in [1.807, 2.05) is 0 Å². The Hall–Kier alpha value is 0.559. The molecule has 2 radical (unpaired) electrons. The fraction of sp³-hybridized carbons (Fsp3) is 0.500. The molecule has 0 atom stereocenters. The van der Waals surface area contributed by atoms with E-state index < -0.39 is 5.97 Å². The van der Waals surface area contributed by atoms with Gasteiger partial charge < -0.3 is 5.11 Å². The number of halogens is 1. The molecule has 0 spiro atoms. The number of rotatable bonds is 0. The van der Waals surface area contributed by atoms with E-state index >= 15 is 0 Å². The van der Waals surface area contributed by atoms with Crippen LogP contribution in [0.25, 0.3) is 0 Å². The molecule has 0 aliphatic carbocycles. The van der Waals surface area contributed by atoms with Crippen molar-refractivity contribution in [2.75, 3.05) is 0 Å². The Morgan fingerprint density at radius 1 is 1.67 bits per heavy atom. The Morgan fingerprint density at radius 3 is 1.67 bits per heavy atom. The number of carbonyl (C=O) groups is 1. The van der Waals surface area contributed by atoms with E-state index in [1.54, 1.807) is 0 Å². The summed E-state index contributed by atoms with van der Waals surface area (Å²) >= 11 is 0. The monoisotopic (exact) mass is 218 g/mol. The summed E-state index contributed by atoms with van der Waals surface area (Å²) in [6, 6.07) is 0. The van der Waals surface area contributed by atoms with Gasteiger partial charge >= 0.3 is 23.9 Å². The van der Waals surface area contributed by atoms with Crippen LogP contribution in [0.1, 0.15) is 6.92 Å². The first kappa shape index (κ1) is 16.0. The van der Waals surface area contributed by atoms with Gasteiger partial charge in [0.25, 0.3) is 5.97 Å². The van der Waals surface area contributed by atoms with Gasteiger partial charge in [-0.1, -0.05) is 0 Å². The molecule has 6 heavy (non-hydrogen) atoms. The zero-order valence-electron chi connectivity index (χ0n) is 3.47. The second-order valence-electron chi connectivity index (χ2n) is 0.519. The molecule has 0 bridgehead atoms. The Kier molecular flexibility index (Phi) is 24.3. The third-order valence-electron chi connectivity index (χ3n) is 0. The number of hydrogen-bond donors (Lipinski definition) is 1. The average Bonchev–Trinajstić information content (AvgIpc) is 0.811. The van der Waals surface area contributed by atoms with Gasteiger partial charge in [0.1, 0.15) is 0 Å². The third-order valence-corrected chi connectivity index (χ3v) is 0. The van der Waals surface area contributed by atoms with Crippen LogP contribution in [-0.4, -0.2) is 35.0 Å². The molecule has 38 valence electrons. The van der Waals surface area contributed by atoms with Crippen LogP contribution in [0.5, 0.6) is 0 Å². The molecular weight excluding hydrogens is 210 g/mol. The van der Waals surface area contributed by atoms with Crippen LogP contribution in [0, 0.1) is 0 Å². The molecule has 0 aliphatic heterocycles. The van der Waals surface area contributed by atoms with E-state index in [2.05, 4.69) is 0 Å². The molecule has 0 aromatic heterocycles. The standard InChI is InChI=1S/C2H4O2.ClH.Sn.2H/c1-2(3)4;;;;/h1H3,(H,3,4);1H;;;. The average molecular weight is 217 g/mol. The maximum absolute atomic E-state index is 9.00. The summed E-state index contributed by atoms with van der Waals surface area (Å²) in [4.78, 5) is 9.00. The fourth-order valence-electron chi connectivity index (χ4n) is 0. The zero-order chi connectivity index (χ0) is 3.58. The van der Waals surface area contributed by atoms with E-state index in [0.29, 0.717) is 0 Å². The number of aliphatic carboxylic acids is 1. The van der Waals surface area contributed by atoms with Crippen molar-refractivity contribution in [3.8, 4) is 0 Å². The van der Waals surface area contributed by atoms with E-state index in [1.165, 1.54) is 0 Å². The minimum atomic E-state index is -0.833. The van der Waals surface area contributed by atoms with Crippen molar-refractivity contribution in [3.05, 3.63) is 0 Å². The predicted octanol–water partition coefficient (Wildman–Crippen LogP) is -0.404. The number of carboxylic acids is 1. The molecule has 0 aromatic carbocycles. The summed E-state index contributed by atoms with van der Waals surface area (Å²) in [5.41, 5.74) is 0. The second kappa shape index (κ2) is 9.12. The molecule has 0 amide bonds. The van der Waals surface area contributed by atoms with Crippen molar-refractivity contribution in [2.24, 2.45) is 0 Å². The fourth-order valence-corrected chi connectivity index (χ4v) is 0. The molecule has 0 fully saturated rings. The molecule has 2 nitrogen and oxygen atoms in total. The number of hydrogen-bond acceptors (Lipinski definition) is 1. The van der Waals surface area contributed by atoms with E-state index in [9.17, 15) is 0 Å². The molecule has 0 saturated carbocycles. The topological polar surface area (TPSA) is 37.3 Å². The normalized spacial score (nSPS) is 4.17. The molecular formula is C2H7ClO2Sn. The predicted molar refractivity (Wildman–Crippen MR) is 29.1 cm³/mol. The first-order valence-corrected chi connectivity index (χ1v) is 0.928. The molecule has 0 aliphatic rings. The summed E-state index contributed by atoms with van der Waals surface area (Å²) in [7, 11) is 0. The Morgan fingerprint density at radius 2 is 1.67 bits per heavy atom. The van der Waals surface area contributed by atoms with Crippen LogP contribution in [0.3, 0.4) is 0 Å². The molecule has 0 heterocycles. The van der Waals surface area contributed by atoms with Crippen molar-refractivity contribution in [1.82, 2.24) is 0 Å². The summed E-state index contributed by atoms with van der Waals surface area (Å²) in [5, 5.41) is 7.42. The molecule has 1 N–H and O–H groups in total. The first-order valence-electron chi connectivity index (χ1n) is 0.928. The van der Waals surface area contributed by atoms with Crippen LogP contribution in [0.15, 0.2) is 0 Å². The molecule has 0 aromatic rings. The van der Waals surface area contributed by atoms with Crippen molar-refractivity contribution in [3.63, 3.8) is 0 Å². The van der Waals surface area contributed by atoms with Gasteiger partial charge in [-0.3, -0.25) is 4.79 Å². The number of carboxylic acid groups (broad SMARTS) is 1. The van der Waals surface area contributed by atoms with Gasteiger partial charge in [-0.05, 0) is 0 Å². The Balaban J connectivity index is -0.0000000450. The van der Waals surface area contributed by atoms with E-state index in [-0.39, 0.29) is 36.3 Å². The van der Waals surface area contributed by atoms with Crippen LogP contribution >= 0.6 is 12.4 Å². The van der Waals surface area contributed by atoms with Crippen LogP contribution in [-0.2, 0) is 4.79 Å². The Labute approximate surface area is 59.3 Å². The van der Waals surface area contributed by atoms with E-state index in [4.69, 9.17) is 9.90 Å². The summed E-state index contributed by atoms with van der Waals surface area (Å²) < 4.78 is 0. The Bertz CT molecular complexity index is 34.5. The quantitative estimate of drug-likeness (QED) is 0.560. The summed E-state index contributed by atoms with van der Waals surface area (Å²) in [5.74, 6) is -0.833. The van der Waals surface area contributed by atoms with Crippen molar-refractivity contribution in [1.29, 1.82) is 0 Å². The molecule has 0 rings (SSSR count). The van der Waals surface area contributed by atoms with Crippen molar-refractivity contribution in [2.45, 2.75) is 6.92 Å². The van der Waals surface area contributed by atoms with Crippen molar-refractivity contribution >= 4 is 42.3 Å². The summed E-state index contributed by atoms with van der Waals surface area (Å²) in [6.07, 6.45) is 0. The van der Waals surface area contributed by atoms with Gasteiger partial charge in [0.15, 0.2) is 0 Å². The van der Waals surface area contributed by atoms with E-state index in [0.717, 1.165) is 6.92 Å². The molecule has 4 heteroatoms. The van der Waals surface area contributed by atoms with Gasteiger partial charge in [-0.2, -0.15) is 0 Å². The zero-order valence-corrected chi connectivity index (χ0v) is 8.32. The van der Waals surface area contributed by atoms with Gasteiger partial charge in [-0.25, -0.2) is 0 Å². The van der Waals surface area contributed by atoms with Crippen LogP contribution in [0.4, 0.5) is 0 Å². The van der Waals surface area contributed by atoms with Gasteiger partial charge in [0.2, 0.25) is 0 Å². The third kappa shape index (κ3) is 185. The minimum absolute atomic E-state index is 0. The van der Waals surface area contributed by atoms with Crippen LogP contribution in [0.2, 0.25) is 0 Å². The van der Waals surface area contributed by atoms with Gasteiger partial charge in [0.05, 0.1) is 0 Å². The summed E-state index contributed by atoms with van der Waals surface area (Å²) in [6.45, 7) is 1.08. The van der Waals surface area contributed by atoms with Gasteiger partial charge in [-0.15, -0.1) is 12.4 Å². The van der Waals surface area contributed by atoms with Crippen LogP contribution < -0.4 is 0 Å². The molecule has 0 saturated heterocycles.